The van der Waals surface area contributed by atoms with E-state index >= 15 is 0 Å². The summed E-state index contributed by atoms with van der Waals surface area (Å²) in [6.07, 6.45) is 4.27. The summed E-state index contributed by atoms with van der Waals surface area (Å²) < 4.78 is 2.03. The van der Waals surface area contributed by atoms with E-state index in [0.717, 1.165) is 25.6 Å². The predicted molar refractivity (Wildman–Crippen MR) is 136 cm³/mol. The molecule has 5 heteroatoms. The maximum absolute atomic E-state index is 13.6. The number of benzene rings is 3. The highest BCUT2D eigenvalue weighted by Gasteiger charge is 2.62. The van der Waals surface area contributed by atoms with E-state index in [-0.39, 0.29) is 35.5 Å². The van der Waals surface area contributed by atoms with Gasteiger partial charge in [0, 0.05) is 20.8 Å². The minimum atomic E-state index is -0.344. The average Bonchev–Trinajstić information content (AvgIpc) is 3.46. The van der Waals surface area contributed by atoms with E-state index in [1.54, 1.807) is 0 Å². The number of hydrogen-bond acceptors (Lipinski definition) is 2. The Labute approximate surface area is 209 Å². The van der Waals surface area contributed by atoms with Gasteiger partial charge in [-0.1, -0.05) is 86.5 Å². The average molecular weight is 561 g/mol. The zero-order valence-electron chi connectivity index (χ0n) is 17.5. The normalized spacial score (nSPS) is 25.2. The third-order valence-corrected chi connectivity index (χ3v) is 8.04. The first-order valence-corrected chi connectivity index (χ1v) is 12.5. The highest BCUT2D eigenvalue weighted by atomic mass is 79.9. The maximum Gasteiger partial charge on any atom is 0.238 e. The highest BCUT2D eigenvalue weighted by Crippen LogP contribution is 2.58. The van der Waals surface area contributed by atoms with Gasteiger partial charge in [0.05, 0.1) is 17.5 Å². The Morgan fingerprint density at radius 1 is 0.636 bits per heavy atom. The molecule has 1 heterocycles. The molecule has 3 aromatic rings. The Kier molecular flexibility index (Phi) is 5.00. The van der Waals surface area contributed by atoms with E-state index in [2.05, 4.69) is 68.3 Å². The third-order valence-electron chi connectivity index (χ3n) is 6.98. The summed E-state index contributed by atoms with van der Waals surface area (Å²) in [7, 11) is 0. The lowest BCUT2D eigenvalue weighted by Crippen LogP contribution is -2.33. The molecule has 0 aromatic heterocycles. The Bertz CT molecular complexity index is 1250. The van der Waals surface area contributed by atoms with Crippen LogP contribution >= 0.6 is 31.9 Å². The summed E-state index contributed by atoms with van der Waals surface area (Å²) in [6, 6.07) is 25.8. The van der Waals surface area contributed by atoms with Crippen molar-refractivity contribution < 1.29 is 9.59 Å². The van der Waals surface area contributed by atoms with Crippen LogP contribution in [0.2, 0.25) is 0 Å². The fourth-order valence-electron chi connectivity index (χ4n) is 5.66. The van der Waals surface area contributed by atoms with Crippen molar-refractivity contribution in [1.29, 1.82) is 0 Å². The molecule has 2 amide bonds. The number of amides is 2. The van der Waals surface area contributed by atoms with Gasteiger partial charge in [-0.15, -0.1) is 0 Å². The summed E-state index contributed by atoms with van der Waals surface area (Å²) >= 11 is 7.07. The van der Waals surface area contributed by atoms with Gasteiger partial charge in [-0.3, -0.25) is 9.59 Å². The summed E-state index contributed by atoms with van der Waals surface area (Å²) in [4.78, 5) is 28.5. The minimum Gasteiger partial charge on any atom is -0.274 e. The van der Waals surface area contributed by atoms with E-state index in [9.17, 15) is 9.59 Å². The second-order valence-electron chi connectivity index (χ2n) is 8.68. The Balaban J connectivity index is 1.50. The zero-order valence-corrected chi connectivity index (χ0v) is 20.7. The van der Waals surface area contributed by atoms with Crippen LogP contribution in [0.5, 0.6) is 0 Å². The first-order chi connectivity index (χ1) is 16.0. The van der Waals surface area contributed by atoms with Crippen LogP contribution in [0.4, 0.5) is 5.69 Å². The Hall–Kier alpha value is -2.76. The topological polar surface area (TPSA) is 37.4 Å². The molecule has 1 saturated heterocycles. The molecule has 2 bridgehead atoms. The van der Waals surface area contributed by atoms with Gasteiger partial charge in [-0.05, 0) is 58.7 Å². The van der Waals surface area contributed by atoms with Gasteiger partial charge in [0.25, 0.3) is 0 Å². The van der Waals surface area contributed by atoms with E-state index in [0.29, 0.717) is 5.69 Å². The number of allylic oxidation sites excluding steroid dienone is 3. The number of imide groups is 1. The van der Waals surface area contributed by atoms with Crippen LogP contribution in [0.25, 0.3) is 5.57 Å². The van der Waals surface area contributed by atoms with Gasteiger partial charge in [-0.2, -0.15) is 0 Å². The lowest BCUT2D eigenvalue weighted by atomic mass is 9.85. The molecule has 2 aliphatic carbocycles. The lowest BCUT2D eigenvalue weighted by molar-refractivity contribution is -0.122. The van der Waals surface area contributed by atoms with Crippen LogP contribution in [0, 0.1) is 23.7 Å². The molecule has 0 N–H and O–H groups in total. The van der Waals surface area contributed by atoms with Crippen molar-refractivity contribution >= 4 is 54.9 Å². The van der Waals surface area contributed by atoms with E-state index in [4.69, 9.17) is 0 Å². The van der Waals surface area contributed by atoms with Crippen LogP contribution in [0.15, 0.2) is 106 Å². The second-order valence-corrected chi connectivity index (χ2v) is 10.5. The molecule has 1 saturated carbocycles. The highest BCUT2D eigenvalue weighted by molar-refractivity contribution is 9.10. The number of carbonyl (C=O) groups is 2. The molecule has 33 heavy (non-hydrogen) atoms. The smallest absolute Gasteiger partial charge is 0.238 e. The number of rotatable bonds is 3. The van der Waals surface area contributed by atoms with Crippen molar-refractivity contribution in [2.45, 2.75) is 0 Å². The number of para-hydroxylation sites is 1. The lowest BCUT2D eigenvalue weighted by Gasteiger charge is -2.21. The SMILES string of the molecule is O=C1[C@@H]2[C@H](C(=O)N1c1ccccc1)[C@@H]1C=C[C@@H]2C1=C(c1ccc(Br)cc1)c1ccc(Br)cc1. The van der Waals surface area contributed by atoms with Crippen LogP contribution in [-0.2, 0) is 9.59 Å². The standard InChI is InChI=1S/C28H19Br2NO2/c29-18-10-6-16(7-11-18)23(17-8-12-19(30)13-9-17)24-21-14-15-22(24)26-25(21)27(32)31(28(26)33)20-4-2-1-3-5-20/h1-15,21-22,25-26H/t21-,22-,25-,26+/m1/s1. The van der Waals surface area contributed by atoms with Crippen molar-refractivity contribution in [3.63, 3.8) is 0 Å². The summed E-state index contributed by atoms with van der Waals surface area (Å²) in [5.41, 5.74) is 5.15. The van der Waals surface area contributed by atoms with Crippen LogP contribution < -0.4 is 4.90 Å². The monoisotopic (exact) mass is 559 g/mol. The molecule has 0 radical (unpaired) electrons. The number of carbonyl (C=O) groups excluding carboxylic acids is 2. The molecule has 3 aliphatic rings. The number of anilines is 1. The maximum atomic E-state index is 13.6. The van der Waals surface area contributed by atoms with Crippen LogP contribution in [0.3, 0.4) is 0 Å². The molecule has 2 fully saturated rings. The van der Waals surface area contributed by atoms with Gasteiger partial charge < -0.3 is 0 Å². The number of hydrogen-bond donors (Lipinski definition) is 0. The van der Waals surface area contributed by atoms with E-state index in [1.807, 2.05) is 54.6 Å². The van der Waals surface area contributed by atoms with Gasteiger partial charge >= 0.3 is 0 Å². The number of fused-ring (bicyclic) bond motifs is 5. The van der Waals surface area contributed by atoms with Crippen molar-refractivity contribution in [2.24, 2.45) is 23.7 Å². The summed E-state index contributed by atoms with van der Waals surface area (Å²) in [5.74, 6) is -1.01. The van der Waals surface area contributed by atoms with Crippen LogP contribution in [0.1, 0.15) is 11.1 Å². The summed E-state index contributed by atoms with van der Waals surface area (Å²) in [5, 5.41) is 0. The predicted octanol–water partition coefficient (Wildman–Crippen LogP) is 6.64. The molecule has 3 nitrogen and oxygen atoms in total. The molecule has 0 spiro atoms. The van der Waals surface area contributed by atoms with Crippen molar-refractivity contribution in [3.05, 3.63) is 117 Å². The molecular weight excluding hydrogens is 542 g/mol. The second kappa shape index (κ2) is 7.93. The zero-order chi connectivity index (χ0) is 22.7. The first kappa shape index (κ1) is 20.8. The van der Waals surface area contributed by atoms with Crippen molar-refractivity contribution in [3.8, 4) is 0 Å². The Morgan fingerprint density at radius 3 is 1.55 bits per heavy atom. The molecule has 1 aliphatic heterocycles. The van der Waals surface area contributed by atoms with Gasteiger partial charge in [-0.25, -0.2) is 4.90 Å². The Morgan fingerprint density at radius 2 is 1.09 bits per heavy atom. The third kappa shape index (κ3) is 3.21. The number of halogens is 2. The minimum absolute atomic E-state index is 0.0764. The van der Waals surface area contributed by atoms with Gasteiger partial charge in [0.2, 0.25) is 11.8 Å². The molecular formula is C28H19Br2NO2. The van der Waals surface area contributed by atoms with Crippen molar-refractivity contribution in [2.75, 3.05) is 4.90 Å². The van der Waals surface area contributed by atoms with Crippen LogP contribution in [-0.4, -0.2) is 11.8 Å². The molecule has 0 unspecified atom stereocenters. The molecule has 4 atom stereocenters. The quantitative estimate of drug-likeness (QED) is 0.266. The molecule has 6 rings (SSSR count). The van der Waals surface area contributed by atoms with E-state index < -0.39 is 0 Å². The van der Waals surface area contributed by atoms with Gasteiger partial charge in [0.15, 0.2) is 0 Å². The molecule has 162 valence electrons. The first-order valence-electron chi connectivity index (χ1n) is 10.9. The van der Waals surface area contributed by atoms with Crippen molar-refractivity contribution in [1.82, 2.24) is 0 Å². The van der Waals surface area contributed by atoms with Gasteiger partial charge in [0.1, 0.15) is 0 Å². The fourth-order valence-corrected chi connectivity index (χ4v) is 6.19. The number of nitrogens with zero attached hydrogens (tertiary/aromatic N) is 1. The largest absolute Gasteiger partial charge is 0.274 e. The molecule has 3 aromatic carbocycles. The fraction of sp³-hybridized carbons (Fsp3) is 0.143. The summed E-state index contributed by atoms with van der Waals surface area (Å²) in [6.45, 7) is 0. The van der Waals surface area contributed by atoms with E-state index in [1.165, 1.54) is 10.5 Å².